The highest BCUT2D eigenvalue weighted by molar-refractivity contribution is 9.10. The lowest BCUT2D eigenvalue weighted by atomic mass is 9.97. The molecule has 2 rings (SSSR count). The van der Waals surface area contributed by atoms with Gasteiger partial charge in [-0.25, -0.2) is 4.39 Å². The Bertz CT molecular complexity index is 661. The largest absolute Gasteiger partial charge is 0.356 e. The van der Waals surface area contributed by atoms with Gasteiger partial charge in [0.25, 0.3) is 0 Å². The molecule has 23 heavy (non-hydrogen) atoms. The van der Waals surface area contributed by atoms with E-state index in [2.05, 4.69) is 52.5 Å². The van der Waals surface area contributed by atoms with Crippen LogP contribution in [0.5, 0.6) is 0 Å². The number of hydrogen-bond donors (Lipinski definition) is 2. The third-order valence-corrected chi connectivity index (χ3v) is 4.11. The Morgan fingerprint density at radius 3 is 2.48 bits per heavy atom. The van der Waals surface area contributed by atoms with Crippen molar-refractivity contribution in [3.05, 3.63) is 64.4 Å². The van der Waals surface area contributed by atoms with Crippen LogP contribution < -0.4 is 10.6 Å². The summed E-state index contributed by atoms with van der Waals surface area (Å²) in [4.78, 5) is 0. The van der Waals surface area contributed by atoms with Crippen LogP contribution in [0.2, 0.25) is 0 Å². The fourth-order valence-electron chi connectivity index (χ4n) is 2.34. The van der Waals surface area contributed by atoms with Crippen molar-refractivity contribution >= 4 is 38.9 Å². The first-order valence-electron chi connectivity index (χ1n) is 7.53. The van der Waals surface area contributed by atoms with Crippen LogP contribution in [0.1, 0.15) is 31.9 Å². The van der Waals surface area contributed by atoms with Crippen molar-refractivity contribution < 1.29 is 4.39 Å². The minimum absolute atomic E-state index is 0.0923. The quantitative estimate of drug-likeness (QED) is 0.639. The molecule has 0 aliphatic rings. The monoisotopic (exact) mass is 394 g/mol. The van der Waals surface area contributed by atoms with Gasteiger partial charge in [-0.05, 0) is 48.3 Å². The molecule has 2 aromatic rings. The van der Waals surface area contributed by atoms with Crippen molar-refractivity contribution in [2.75, 3.05) is 5.32 Å². The molecule has 1 atom stereocenters. The second kappa shape index (κ2) is 8.41. The third kappa shape index (κ3) is 5.59. The highest BCUT2D eigenvalue weighted by Gasteiger charge is 2.15. The summed E-state index contributed by atoms with van der Waals surface area (Å²) < 4.78 is 14.6. The van der Waals surface area contributed by atoms with E-state index in [-0.39, 0.29) is 11.9 Å². The summed E-state index contributed by atoms with van der Waals surface area (Å²) in [7, 11) is 0. The van der Waals surface area contributed by atoms with Crippen LogP contribution in [0.4, 0.5) is 10.1 Å². The van der Waals surface area contributed by atoms with Crippen LogP contribution in [0.15, 0.2) is 53.0 Å². The van der Waals surface area contributed by atoms with Gasteiger partial charge in [-0.1, -0.05) is 60.1 Å². The fraction of sp³-hybridized carbons (Fsp3) is 0.278. The van der Waals surface area contributed by atoms with Crippen LogP contribution in [0.3, 0.4) is 0 Å². The van der Waals surface area contributed by atoms with Gasteiger partial charge in [0, 0.05) is 4.47 Å². The molecule has 1 unspecified atom stereocenters. The minimum atomic E-state index is -0.344. The van der Waals surface area contributed by atoms with Crippen molar-refractivity contribution in [3.63, 3.8) is 0 Å². The summed E-state index contributed by atoms with van der Waals surface area (Å²) in [5, 5.41) is 6.65. The number of halogens is 2. The highest BCUT2D eigenvalue weighted by Crippen LogP contribution is 2.22. The molecule has 0 spiro atoms. The van der Waals surface area contributed by atoms with Gasteiger partial charge < -0.3 is 10.6 Å². The molecule has 0 aliphatic heterocycles. The van der Waals surface area contributed by atoms with Crippen LogP contribution in [-0.2, 0) is 0 Å². The van der Waals surface area contributed by atoms with E-state index < -0.39 is 0 Å². The molecule has 2 N–H and O–H groups in total. The van der Waals surface area contributed by atoms with Crippen LogP contribution in [0, 0.1) is 11.7 Å². The van der Waals surface area contributed by atoms with Gasteiger partial charge in [-0.3, -0.25) is 0 Å². The Labute approximate surface area is 150 Å². The van der Waals surface area contributed by atoms with Gasteiger partial charge in [0.15, 0.2) is 5.11 Å². The summed E-state index contributed by atoms with van der Waals surface area (Å²) in [6.07, 6.45) is 0.939. The van der Waals surface area contributed by atoms with E-state index in [4.69, 9.17) is 12.2 Å². The zero-order valence-corrected chi connectivity index (χ0v) is 15.5. The molecule has 0 radical (unpaired) electrons. The normalized spacial score (nSPS) is 12.0. The molecule has 0 bridgehead atoms. The van der Waals surface area contributed by atoms with Gasteiger partial charge in [-0.15, -0.1) is 0 Å². The Morgan fingerprint density at radius 1 is 1.17 bits per heavy atom. The summed E-state index contributed by atoms with van der Waals surface area (Å²) in [5.41, 5.74) is 1.53. The minimum Gasteiger partial charge on any atom is -0.356 e. The van der Waals surface area contributed by atoms with Crippen molar-refractivity contribution in [3.8, 4) is 0 Å². The van der Waals surface area contributed by atoms with E-state index in [9.17, 15) is 4.39 Å². The average Bonchev–Trinajstić information content (AvgIpc) is 2.50. The van der Waals surface area contributed by atoms with Crippen molar-refractivity contribution in [2.24, 2.45) is 5.92 Å². The van der Waals surface area contributed by atoms with Gasteiger partial charge in [0.2, 0.25) is 0 Å². The second-order valence-electron chi connectivity index (χ2n) is 5.82. The topological polar surface area (TPSA) is 24.1 Å². The Hall–Kier alpha value is -1.46. The summed E-state index contributed by atoms with van der Waals surface area (Å²) in [5.74, 6) is 0.170. The lowest BCUT2D eigenvalue weighted by Gasteiger charge is -2.23. The number of anilines is 1. The average molecular weight is 395 g/mol. The maximum Gasteiger partial charge on any atom is 0.171 e. The summed E-state index contributed by atoms with van der Waals surface area (Å²) in [6.45, 7) is 4.34. The summed E-state index contributed by atoms with van der Waals surface area (Å²) >= 11 is 8.60. The third-order valence-electron chi connectivity index (χ3n) is 3.39. The molecule has 5 heteroatoms. The standard InChI is InChI=1S/C18H20BrFN2S/c1-12(2)10-17(13-6-4-3-5-7-13)22-18(23)21-16-9-8-14(19)11-15(16)20/h3-9,11-12,17H,10H2,1-2H3,(H2,21,22,23). The van der Waals surface area contributed by atoms with E-state index in [0.29, 0.717) is 21.2 Å². The molecule has 0 aliphatic carbocycles. The summed E-state index contributed by atoms with van der Waals surface area (Å²) in [6, 6.07) is 15.1. The first kappa shape index (κ1) is 17.9. The van der Waals surface area contributed by atoms with E-state index in [1.54, 1.807) is 12.1 Å². The fourth-order valence-corrected chi connectivity index (χ4v) is 2.93. The number of benzene rings is 2. The Morgan fingerprint density at radius 2 is 1.87 bits per heavy atom. The number of thiocarbonyl (C=S) groups is 1. The molecular formula is C18H20BrFN2S. The molecule has 0 aromatic heterocycles. The van der Waals surface area contributed by atoms with Crippen LogP contribution >= 0.6 is 28.1 Å². The van der Waals surface area contributed by atoms with Gasteiger partial charge in [-0.2, -0.15) is 0 Å². The van der Waals surface area contributed by atoms with Gasteiger partial charge in [0.05, 0.1) is 11.7 Å². The molecule has 0 heterocycles. The zero-order valence-electron chi connectivity index (χ0n) is 13.1. The Balaban J connectivity index is 2.08. The molecule has 0 saturated heterocycles. The maximum absolute atomic E-state index is 13.9. The van der Waals surface area contributed by atoms with Crippen LogP contribution in [-0.4, -0.2) is 5.11 Å². The predicted octanol–water partition coefficient (Wildman–Crippen LogP) is 5.66. The van der Waals surface area contributed by atoms with E-state index in [1.165, 1.54) is 11.6 Å². The molecule has 2 aromatic carbocycles. The smallest absolute Gasteiger partial charge is 0.171 e. The molecule has 122 valence electrons. The van der Waals surface area contributed by atoms with Crippen molar-refractivity contribution in [2.45, 2.75) is 26.3 Å². The van der Waals surface area contributed by atoms with E-state index in [0.717, 1.165) is 6.42 Å². The molecule has 0 saturated carbocycles. The first-order valence-corrected chi connectivity index (χ1v) is 8.73. The second-order valence-corrected chi connectivity index (χ2v) is 7.14. The van der Waals surface area contributed by atoms with Crippen LogP contribution in [0.25, 0.3) is 0 Å². The lowest BCUT2D eigenvalue weighted by Crippen LogP contribution is -2.33. The SMILES string of the molecule is CC(C)CC(NC(=S)Nc1ccc(Br)cc1F)c1ccccc1. The van der Waals surface area contributed by atoms with E-state index in [1.807, 2.05) is 18.2 Å². The number of nitrogens with one attached hydrogen (secondary N) is 2. The molecular weight excluding hydrogens is 375 g/mol. The number of rotatable bonds is 5. The van der Waals surface area contributed by atoms with Crippen molar-refractivity contribution in [1.29, 1.82) is 0 Å². The van der Waals surface area contributed by atoms with Crippen molar-refractivity contribution in [1.82, 2.24) is 5.32 Å². The Kier molecular flexibility index (Phi) is 6.54. The first-order chi connectivity index (χ1) is 11.0. The zero-order chi connectivity index (χ0) is 16.8. The van der Waals surface area contributed by atoms with E-state index >= 15 is 0 Å². The lowest BCUT2D eigenvalue weighted by molar-refractivity contribution is 0.480. The van der Waals surface area contributed by atoms with Gasteiger partial charge in [0.1, 0.15) is 5.82 Å². The van der Waals surface area contributed by atoms with Gasteiger partial charge >= 0.3 is 0 Å². The number of hydrogen-bond acceptors (Lipinski definition) is 1. The molecule has 2 nitrogen and oxygen atoms in total. The highest BCUT2D eigenvalue weighted by atomic mass is 79.9. The predicted molar refractivity (Wildman–Crippen MR) is 102 cm³/mol. The maximum atomic E-state index is 13.9. The molecule has 0 amide bonds. The molecule has 0 fully saturated rings.